The summed E-state index contributed by atoms with van der Waals surface area (Å²) in [6.45, 7) is 0. The lowest BCUT2D eigenvalue weighted by molar-refractivity contribution is -0.114. The van der Waals surface area contributed by atoms with Gasteiger partial charge in [-0.25, -0.2) is 0 Å². The van der Waals surface area contributed by atoms with E-state index in [1.807, 2.05) is 84.9 Å². The monoisotopic (exact) mass is 434 g/mol. The van der Waals surface area contributed by atoms with Gasteiger partial charge in [-0.1, -0.05) is 64.5 Å². The lowest BCUT2D eigenvalue weighted by Crippen LogP contribution is -2.30. The molecule has 3 aromatic carbocycles. The molecular weight excluding hydrogens is 416 g/mol. The molecule has 1 amide bonds. The molecule has 1 atom stereocenters. The van der Waals surface area contributed by atoms with Gasteiger partial charge in [0.2, 0.25) is 0 Å². The Labute approximate surface area is 172 Å². The molecule has 5 heteroatoms. The maximum Gasteiger partial charge on any atom is 0.276 e. The second-order valence-corrected chi connectivity index (χ2v) is 7.25. The molecule has 1 unspecified atom stereocenters. The summed E-state index contributed by atoms with van der Waals surface area (Å²) in [5, 5.41) is 3.28. The largest absolute Gasteiger partial charge is 0.497 e. The highest BCUT2D eigenvalue weighted by molar-refractivity contribution is 9.11. The zero-order valence-corrected chi connectivity index (χ0v) is 16.9. The Hall–Kier alpha value is -3.05. The van der Waals surface area contributed by atoms with Gasteiger partial charge in [0.25, 0.3) is 5.91 Å². The maximum absolute atomic E-state index is 13.4. The van der Waals surface area contributed by atoms with E-state index in [9.17, 15) is 4.79 Å². The fourth-order valence-corrected chi connectivity index (χ4v) is 4.05. The van der Waals surface area contributed by atoms with Gasteiger partial charge in [-0.3, -0.25) is 9.69 Å². The molecular formula is C23H19BrN2O2. The van der Waals surface area contributed by atoms with E-state index in [1.54, 1.807) is 12.0 Å². The summed E-state index contributed by atoms with van der Waals surface area (Å²) >= 11 is 3.70. The highest BCUT2D eigenvalue weighted by Gasteiger charge is 2.40. The number of para-hydroxylation sites is 1. The molecule has 140 valence electrons. The van der Waals surface area contributed by atoms with Crippen LogP contribution in [0.5, 0.6) is 5.75 Å². The van der Waals surface area contributed by atoms with E-state index >= 15 is 0 Å². The fraction of sp³-hybridized carbons (Fsp3) is 0.0870. The first-order valence-electron chi connectivity index (χ1n) is 8.93. The van der Waals surface area contributed by atoms with Crippen molar-refractivity contribution in [1.82, 2.24) is 0 Å². The van der Waals surface area contributed by atoms with Gasteiger partial charge in [-0.15, -0.1) is 0 Å². The van der Waals surface area contributed by atoms with Crippen molar-refractivity contribution in [2.75, 3.05) is 17.3 Å². The maximum atomic E-state index is 13.4. The van der Waals surface area contributed by atoms with Crippen LogP contribution in [0.15, 0.2) is 95.1 Å². The van der Waals surface area contributed by atoms with E-state index in [2.05, 4.69) is 21.2 Å². The summed E-state index contributed by atoms with van der Waals surface area (Å²) in [6, 6.07) is 27.0. The number of amides is 1. The highest BCUT2D eigenvalue weighted by atomic mass is 79.9. The lowest BCUT2D eigenvalue weighted by Gasteiger charge is -2.26. The molecule has 0 spiro atoms. The minimum absolute atomic E-state index is 0.0882. The molecule has 0 aromatic heterocycles. The van der Waals surface area contributed by atoms with Gasteiger partial charge in [-0.2, -0.15) is 0 Å². The van der Waals surface area contributed by atoms with Crippen molar-refractivity contribution in [3.8, 4) is 5.75 Å². The molecule has 1 aliphatic heterocycles. The van der Waals surface area contributed by atoms with Crippen LogP contribution in [0, 0.1) is 0 Å². The van der Waals surface area contributed by atoms with Crippen LogP contribution < -0.4 is 15.0 Å². The van der Waals surface area contributed by atoms with Crippen LogP contribution in [0.4, 0.5) is 11.4 Å². The molecule has 0 aliphatic carbocycles. The minimum atomic E-state index is -0.242. The number of nitrogens with zero attached hydrogens (tertiary/aromatic N) is 1. The predicted molar refractivity (Wildman–Crippen MR) is 116 cm³/mol. The number of ether oxygens (including phenoxy) is 1. The number of anilines is 2. The third kappa shape index (κ3) is 3.41. The molecule has 28 heavy (non-hydrogen) atoms. The average Bonchev–Trinajstić information content (AvgIpc) is 3.00. The minimum Gasteiger partial charge on any atom is -0.497 e. The van der Waals surface area contributed by atoms with Crippen LogP contribution in [-0.4, -0.2) is 13.0 Å². The summed E-state index contributed by atoms with van der Waals surface area (Å²) in [7, 11) is 1.63. The SMILES string of the molecule is COc1ccc(N2C(=O)C(Nc3ccccc3)=C(Br)C2c2ccccc2)cc1. The Morgan fingerprint density at radius 1 is 0.893 bits per heavy atom. The van der Waals surface area contributed by atoms with Crippen LogP contribution >= 0.6 is 15.9 Å². The van der Waals surface area contributed by atoms with Gasteiger partial charge < -0.3 is 10.1 Å². The molecule has 0 fully saturated rings. The number of hydrogen-bond acceptors (Lipinski definition) is 3. The Balaban J connectivity index is 1.77. The average molecular weight is 435 g/mol. The van der Waals surface area contributed by atoms with Gasteiger partial charge in [0.15, 0.2) is 0 Å². The normalized spacial score (nSPS) is 16.4. The summed E-state index contributed by atoms with van der Waals surface area (Å²) in [6.07, 6.45) is 0. The molecule has 4 nitrogen and oxygen atoms in total. The van der Waals surface area contributed by atoms with Crippen molar-refractivity contribution in [3.63, 3.8) is 0 Å². The molecule has 1 aliphatic rings. The molecule has 0 saturated heterocycles. The molecule has 0 radical (unpaired) electrons. The Morgan fingerprint density at radius 3 is 2.11 bits per heavy atom. The number of carbonyl (C=O) groups excluding carboxylic acids is 1. The van der Waals surface area contributed by atoms with Crippen molar-refractivity contribution in [2.45, 2.75) is 6.04 Å². The summed E-state index contributed by atoms with van der Waals surface area (Å²) in [5.74, 6) is 0.663. The molecule has 1 N–H and O–H groups in total. The summed E-state index contributed by atoms with van der Waals surface area (Å²) in [4.78, 5) is 15.2. The molecule has 0 saturated carbocycles. The number of benzene rings is 3. The third-order valence-electron chi connectivity index (χ3n) is 4.68. The van der Waals surface area contributed by atoms with Crippen LogP contribution in [0.1, 0.15) is 11.6 Å². The number of rotatable bonds is 5. The number of halogens is 1. The zero-order valence-electron chi connectivity index (χ0n) is 15.3. The Morgan fingerprint density at radius 2 is 1.50 bits per heavy atom. The van der Waals surface area contributed by atoms with Gasteiger partial charge in [0.1, 0.15) is 11.4 Å². The molecule has 1 heterocycles. The predicted octanol–water partition coefficient (Wildman–Crippen LogP) is 5.50. The third-order valence-corrected chi connectivity index (χ3v) is 5.51. The van der Waals surface area contributed by atoms with Crippen LogP contribution in [0.3, 0.4) is 0 Å². The van der Waals surface area contributed by atoms with E-state index in [4.69, 9.17) is 4.74 Å². The quantitative estimate of drug-likeness (QED) is 0.576. The van der Waals surface area contributed by atoms with E-state index in [1.165, 1.54) is 0 Å². The summed E-state index contributed by atoms with van der Waals surface area (Å²) < 4.78 is 6.06. The van der Waals surface area contributed by atoms with Crippen LogP contribution in [-0.2, 0) is 4.79 Å². The number of carbonyl (C=O) groups is 1. The lowest BCUT2D eigenvalue weighted by atomic mass is 10.1. The highest BCUT2D eigenvalue weighted by Crippen LogP contribution is 2.44. The van der Waals surface area contributed by atoms with Crippen molar-refractivity contribution in [3.05, 3.63) is 101 Å². The van der Waals surface area contributed by atoms with Gasteiger partial charge >= 0.3 is 0 Å². The van der Waals surface area contributed by atoms with Crippen molar-refractivity contribution < 1.29 is 9.53 Å². The first kappa shape index (κ1) is 18.3. The number of hydrogen-bond donors (Lipinski definition) is 1. The van der Waals surface area contributed by atoms with E-state index in [0.29, 0.717) is 5.70 Å². The Bertz CT molecular complexity index is 1000. The van der Waals surface area contributed by atoms with E-state index in [-0.39, 0.29) is 11.9 Å². The standard InChI is InChI=1S/C23H19BrN2O2/c1-28-19-14-12-18(13-15-19)26-22(16-8-4-2-5-9-16)20(24)21(23(26)27)25-17-10-6-3-7-11-17/h2-15,22,25H,1H3. The van der Waals surface area contributed by atoms with Gasteiger partial charge in [-0.05, 0) is 42.0 Å². The molecule has 3 aromatic rings. The second-order valence-electron chi connectivity index (χ2n) is 6.40. The van der Waals surface area contributed by atoms with Crippen molar-refractivity contribution in [1.29, 1.82) is 0 Å². The van der Waals surface area contributed by atoms with Crippen molar-refractivity contribution in [2.24, 2.45) is 0 Å². The summed E-state index contributed by atoms with van der Waals surface area (Å²) in [5.41, 5.74) is 3.24. The molecule has 4 rings (SSSR count). The van der Waals surface area contributed by atoms with Gasteiger partial charge in [0.05, 0.1) is 17.6 Å². The zero-order chi connectivity index (χ0) is 19.5. The fourth-order valence-electron chi connectivity index (χ4n) is 3.31. The Kier molecular flexibility index (Phi) is 5.17. The van der Waals surface area contributed by atoms with Crippen LogP contribution in [0.2, 0.25) is 0 Å². The first-order chi connectivity index (χ1) is 13.7. The van der Waals surface area contributed by atoms with Crippen LogP contribution in [0.25, 0.3) is 0 Å². The number of nitrogens with one attached hydrogen (secondary N) is 1. The first-order valence-corrected chi connectivity index (χ1v) is 9.72. The topological polar surface area (TPSA) is 41.6 Å². The second kappa shape index (κ2) is 7.90. The smallest absolute Gasteiger partial charge is 0.276 e. The van der Waals surface area contributed by atoms with E-state index in [0.717, 1.165) is 27.2 Å². The van der Waals surface area contributed by atoms with Crippen molar-refractivity contribution >= 4 is 33.2 Å². The van der Waals surface area contributed by atoms with E-state index < -0.39 is 0 Å². The molecule has 0 bridgehead atoms. The van der Waals surface area contributed by atoms with Gasteiger partial charge in [0, 0.05) is 11.4 Å². The number of methoxy groups -OCH3 is 1.